The van der Waals surface area contributed by atoms with Crippen LogP contribution in [0.25, 0.3) is 0 Å². The van der Waals surface area contributed by atoms with Gasteiger partial charge < -0.3 is 5.32 Å². The van der Waals surface area contributed by atoms with Crippen LogP contribution in [0.15, 0.2) is 0 Å². The quantitative estimate of drug-likeness (QED) is 0.603. The summed E-state index contributed by atoms with van der Waals surface area (Å²) in [6.07, 6.45) is 8.34. The third-order valence-corrected chi connectivity index (χ3v) is 4.45. The third-order valence-electron chi connectivity index (χ3n) is 3.90. The second-order valence-electron chi connectivity index (χ2n) is 5.95. The summed E-state index contributed by atoms with van der Waals surface area (Å²) in [5, 5.41) is 3.00. The molecule has 0 radical (unpaired) electrons. The van der Waals surface area contributed by atoms with E-state index in [0.717, 1.165) is 0 Å². The molecule has 3 heteroatoms. The van der Waals surface area contributed by atoms with Crippen molar-refractivity contribution in [2.45, 2.75) is 76.6 Å². The molecule has 0 bridgehead atoms. The fourth-order valence-corrected chi connectivity index (χ4v) is 2.39. The van der Waals surface area contributed by atoms with E-state index >= 15 is 0 Å². The molecule has 1 aliphatic rings. The van der Waals surface area contributed by atoms with Crippen LogP contribution < -0.4 is 5.32 Å². The zero-order valence-electron chi connectivity index (χ0n) is 11.4. The highest BCUT2D eigenvalue weighted by Crippen LogP contribution is 2.25. The fourth-order valence-electron chi connectivity index (χ4n) is 2.34. The van der Waals surface area contributed by atoms with Gasteiger partial charge in [0.05, 0.1) is 10.9 Å². The SMILES string of the molecule is CC(Cl)C(C)(C)NC(=O)CC1CCCCCC1. The summed E-state index contributed by atoms with van der Waals surface area (Å²) in [5.41, 5.74) is -0.316. The van der Waals surface area contributed by atoms with Crippen molar-refractivity contribution in [3.8, 4) is 0 Å². The Balaban J connectivity index is 2.38. The Morgan fingerprint density at radius 2 is 1.82 bits per heavy atom. The highest BCUT2D eigenvalue weighted by atomic mass is 35.5. The van der Waals surface area contributed by atoms with Crippen LogP contribution in [0.1, 0.15) is 65.7 Å². The van der Waals surface area contributed by atoms with E-state index in [9.17, 15) is 4.79 Å². The lowest BCUT2D eigenvalue weighted by Gasteiger charge is -2.29. The van der Waals surface area contributed by atoms with Crippen LogP contribution in [0.5, 0.6) is 0 Å². The maximum Gasteiger partial charge on any atom is 0.220 e. The normalized spacial score (nSPS) is 20.7. The number of amides is 1. The molecule has 1 aliphatic carbocycles. The number of carbonyl (C=O) groups is 1. The minimum absolute atomic E-state index is 0.0550. The first-order chi connectivity index (χ1) is 7.92. The zero-order chi connectivity index (χ0) is 12.9. The van der Waals surface area contributed by atoms with Crippen molar-refractivity contribution in [1.29, 1.82) is 0 Å². The van der Waals surface area contributed by atoms with E-state index in [-0.39, 0.29) is 16.8 Å². The van der Waals surface area contributed by atoms with Crippen molar-refractivity contribution in [2.75, 3.05) is 0 Å². The number of carbonyl (C=O) groups excluding carboxylic acids is 1. The monoisotopic (exact) mass is 259 g/mol. The molecule has 1 fully saturated rings. The van der Waals surface area contributed by atoms with Crippen LogP contribution >= 0.6 is 11.6 Å². The van der Waals surface area contributed by atoms with E-state index in [4.69, 9.17) is 11.6 Å². The highest BCUT2D eigenvalue weighted by Gasteiger charge is 2.27. The molecule has 100 valence electrons. The topological polar surface area (TPSA) is 29.1 Å². The lowest BCUT2D eigenvalue weighted by Crippen LogP contribution is -2.49. The number of hydrogen-bond donors (Lipinski definition) is 1. The van der Waals surface area contributed by atoms with Gasteiger partial charge in [-0.3, -0.25) is 4.79 Å². The molecule has 17 heavy (non-hydrogen) atoms. The lowest BCUT2D eigenvalue weighted by atomic mass is 9.95. The van der Waals surface area contributed by atoms with Crippen molar-refractivity contribution < 1.29 is 4.79 Å². The molecule has 0 saturated heterocycles. The summed E-state index contributed by atoms with van der Waals surface area (Å²) < 4.78 is 0. The largest absolute Gasteiger partial charge is 0.350 e. The Labute approximate surface area is 110 Å². The molecule has 1 amide bonds. The summed E-state index contributed by atoms with van der Waals surface area (Å²) >= 11 is 6.07. The first-order valence-electron chi connectivity index (χ1n) is 6.87. The van der Waals surface area contributed by atoms with Crippen LogP contribution in [0.4, 0.5) is 0 Å². The van der Waals surface area contributed by atoms with Gasteiger partial charge in [0.2, 0.25) is 5.91 Å². The van der Waals surface area contributed by atoms with Gasteiger partial charge in [-0.1, -0.05) is 25.7 Å². The van der Waals surface area contributed by atoms with E-state index in [2.05, 4.69) is 5.32 Å². The minimum Gasteiger partial charge on any atom is -0.350 e. The Kier molecular flexibility index (Phi) is 5.78. The first kappa shape index (κ1) is 14.8. The number of rotatable bonds is 4. The molecule has 1 unspecified atom stereocenters. The van der Waals surface area contributed by atoms with Gasteiger partial charge in [0.15, 0.2) is 0 Å². The van der Waals surface area contributed by atoms with Crippen molar-refractivity contribution in [3.05, 3.63) is 0 Å². The van der Waals surface area contributed by atoms with Gasteiger partial charge in [-0.15, -0.1) is 11.6 Å². The van der Waals surface area contributed by atoms with Crippen LogP contribution in [0, 0.1) is 5.92 Å². The number of halogens is 1. The Bertz CT molecular complexity index is 243. The van der Waals surface area contributed by atoms with E-state index in [0.29, 0.717) is 12.3 Å². The van der Waals surface area contributed by atoms with Gasteiger partial charge in [0.25, 0.3) is 0 Å². The van der Waals surface area contributed by atoms with Crippen molar-refractivity contribution in [1.82, 2.24) is 5.32 Å². The van der Waals surface area contributed by atoms with E-state index in [1.807, 2.05) is 20.8 Å². The molecule has 0 aromatic rings. The van der Waals surface area contributed by atoms with Gasteiger partial charge in [-0.25, -0.2) is 0 Å². The molecule has 1 atom stereocenters. The first-order valence-corrected chi connectivity index (χ1v) is 7.30. The smallest absolute Gasteiger partial charge is 0.220 e. The molecule has 1 saturated carbocycles. The molecule has 1 N–H and O–H groups in total. The lowest BCUT2D eigenvalue weighted by molar-refractivity contribution is -0.123. The Morgan fingerprint density at radius 1 is 1.29 bits per heavy atom. The van der Waals surface area contributed by atoms with Crippen LogP contribution in [0.3, 0.4) is 0 Å². The average molecular weight is 260 g/mol. The molecule has 0 aromatic carbocycles. The Morgan fingerprint density at radius 3 is 2.29 bits per heavy atom. The highest BCUT2D eigenvalue weighted by molar-refractivity contribution is 6.21. The standard InChI is InChI=1S/C14H26ClNO/c1-11(15)14(2,3)16-13(17)10-12-8-6-4-5-7-9-12/h11-12H,4-10H2,1-3H3,(H,16,17). The minimum atomic E-state index is -0.316. The molecule has 0 aromatic heterocycles. The maximum absolute atomic E-state index is 12.0. The number of hydrogen-bond acceptors (Lipinski definition) is 1. The van der Waals surface area contributed by atoms with Crippen molar-refractivity contribution in [2.24, 2.45) is 5.92 Å². The average Bonchev–Trinajstić information content (AvgIpc) is 2.45. The van der Waals surface area contributed by atoms with Crippen LogP contribution in [0.2, 0.25) is 0 Å². The van der Waals surface area contributed by atoms with E-state index < -0.39 is 0 Å². The predicted molar refractivity (Wildman–Crippen MR) is 73.3 cm³/mol. The van der Waals surface area contributed by atoms with Gasteiger partial charge in [-0.05, 0) is 39.5 Å². The van der Waals surface area contributed by atoms with E-state index in [1.165, 1.54) is 38.5 Å². The molecule has 0 aliphatic heterocycles. The van der Waals surface area contributed by atoms with Crippen molar-refractivity contribution in [3.63, 3.8) is 0 Å². The Hall–Kier alpha value is -0.240. The van der Waals surface area contributed by atoms with E-state index in [1.54, 1.807) is 0 Å². The number of nitrogens with one attached hydrogen (secondary N) is 1. The second-order valence-corrected chi connectivity index (χ2v) is 6.60. The predicted octanol–water partition coefficient (Wildman–Crippen LogP) is 3.87. The molecule has 2 nitrogen and oxygen atoms in total. The van der Waals surface area contributed by atoms with Gasteiger partial charge in [-0.2, -0.15) is 0 Å². The fraction of sp³-hybridized carbons (Fsp3) is 0.929. The molecule has 0 spiro atoms. The summed E-state index contributed by atoms with van der Waals surface area (Å²) in [6.45, 7) is 5.89. The molecular weight excluding hydrogens is 234 g/mol. The van der Waals surface area contributed by atoms with Gasteiger partial charge >= 0.3 is 0 Å². The summed E-state index contributed by atoms with van der Waals surface area (Å²) in [6, 6.07) is 0. The van der Waals surface area contributed by atoms with Crippen LogP contribution in [-0.2, 0) is 4.79 Å². The summed E-state index contributed by atoms with van der Waals surface area (Å²) in [4.78, 5) is 12.0. The maximum atomic E-state index is 12.0. The molecular formula is C14H26ClNO. The van der Waals surface area contributed by atoms with Gasteiger partial charge in [0, 0.05) is 6.42 Å². The van der Waals surface area contributed by atoms with Crippen LogP contribution in [-0.4, -0.2) is 16.8 Å². The zero-order valence-corrected chi connectivity index (χ0v) is 12.1. The van der Waals surface area contributed by atoms with Gasteiger partial charge in [0.1, 0.15) is 0 Å². The summed E-state index contributed by atoms with van der Waals surface area (Å²) in [7, 11) is 0. The number of alkyl halides is 1. The molecule has 1 rings (SSSR count). The second kappa shape index (κ2) is 6.63. The third kappa shape index (κ3) is 5.29. The molecule has 0 heterocycles. The summed E-state index contributed by atoms with van der Waals surface area (Å²) in [5.74, 6) is 0.744. The van der Waals surface area contributed by atoms with Crippen molar-refractivity contribution >= 4 is 17.5 Å².